The SMILES string of the molecule is CCCCOc1ccc(S(=O)(=O)NCc2ccncc2)c2ccccc12. The maximum atomic E-state index is 12.8. The summed E-state index contributed by atoms with van der Waals surface area (Å²) in [5, 5.41) is 1.46. The molecule has 0 saturated heterocycles. The first-order valence-electron chi connectivity index (χ1n) is 8.65. The van der Waals surface area contributed by atoms with Gasteiger partial charge in [-0.1, -0.05) is 37.6 Å². The van der Waals surface area contributed by atoms with Gasteiger partial charge in [-0.2, -0.15) is 0 Å². The molecule has 0 bridgehead atoms. The molecule has 1 heterocycles. The second-order valence-electron chi connectivity index (χ2n) is 5.99. The van der Waals surface area contributed by atoms with Crippen LogP contribution in [0.15, 0.2) is 65.8 Å². The average Bonchev–Trinajstić information content (AvgIpc) is 2.67. The lowest BCUT2D eigenvalue weighted by atomic mass is 10.1. The Bertz CT molecular complexity index is 973. The van der Waals surface area contributed by atoms with Crippen molar-refractivity contribution < 1.29 is 13.2 Å². The maximum Gasteiger partial charge on any atom is 0.241 e. The van der Waals surface area contributed by atoms with Gasteiger partial charge in [0.05, 0.1) is 11.5 Å². The first kappa shape index (κ1) is 18.4. The minimum absolute atomic E-state index is 0.216. The van der Waals surface area contributed by atoms with Gasteiger partial charge in [-0.25, -0.2) is 13.1 Å². The van der Waals surface area contributed by atoms with Crippen molar-refractivity contribution in [2.24, 2.45) is 0 Å². The van der Waals surface area contributed by atoms with Crippen molar-refractivity contribution in [3.8, 4) is 5.75 Å². The van der Waals surface area contributed by atoms with Crippen LogP contribution in [0.1, 0.15) is 25.3 Å². The van der Waals surface area contributed by atoms with Crippen molar-refractivity contribution in [2.45, 2.75) is 31.2 Å². The highest BCUT2D eigenvalue weighted by Gasteiger charge is 2.18. The van der Waals surface area contributed by atoms with Crippen LogP contribution in [0.25, 0.3) is 10.8 Å². The molecule has 26 heavy (non-hydrogen) atoms. The summed E-state index contributed by atoms with van der Waals surface area (Å²) < 4.78 is 34.1. The molecule has 2 aromatic carbocycles. The predicted octanol–water partition coefficient (Wildman–Crippen LogP) is 3.89. The molecule has 0 aliphatic heterocycles. The predicted molar refractivity (Wildman–Crippen MR) is 103 cm³/mol. The normalized spacial score (nSPS) is 11.6. The number of aromatic nitrogens is 1. The van der Waals surface area contributed by atoms with Crippen molar-refractivity contribution in [3.63, 3.8) is 0 Å². The van der Waals surface area contributed by atoms with E-state index in [1.54, 1.807) is 36.7 Å². The van der Waals surface area contributed by atoms with Crippen LogP contribution in [0.5, 0.6) is 5.75 Å². The van der Waals surface area contributed by atoms with Gasteiger partial charge in [0.25, 0.3) is 0 Å². The van der Waals surface area contributed by atoms with Crippen molar-refractivity contribution in [3.05, 3.63) is 66.5 Å². The zero-order valence-electron chi connectivity index (χ0n) is 14.7. The van der Waals surface area contributed by atoms with Crippen molar-refractivity contribution in [1.29, 1.82) is 0 Å². The van der Waals surface area contributed by atoms with Gasteiger partial charge >= 0.3 is 0 Å². The number of hydrogen-bond donors (Lipinski definition) is 1. The summed E-state index contributed by atoms with van der Waals surface area (Å²) in [5.74, 6) is 0.710. The van der Waals surface area contributed by atoms with Crippen LogP contribution in [-0.2, 0) is 16.6 Å². The molecule has 0 fully saturated rings. The van der Waals surface area contributed by atoms with Crippen molar-refractivity contribution >= 4 is 20.8 Å². The minimum Gasteiger partial charge on any atom is -0.493 e. The van der Waals surface area contributed by atoms with Crippen molar-refractivity contribution in [1.82, 2.24) is 9.71 Å². The summed E-state index contributed by atoms with van der Waals surface area (Å²) in [6.07, 6.45) is 5.29. The Balaban J connectivity index is 1.90. The molecule has 0 amide bonds. The maximum absolute atomic E-state index is 12.8. The van der Waals surface area contributed by atoms with E-state index in [1.807, 2.05) is 24.3 Å². The lowest BCUT2D eigenvalue weighted by Gasteiger charge is -2.13. The summed E-state index contributed by atoms with van der Waals surface area (Å²) >= 11 is 0. The number of benzene rings is 2. The standard InChI is InChI=1S/C20H22N2O3S/c1-2-3-14-25-19-8-9-20(18-7-5-4-6-17(18)19)26(23,24)22-15-16-10-12-21-13-11-16/h4-13,22H,2-3,14-15H2,1H3. The van der Waals surface area contributed by atoms with E-state index in [2.05, 4.69) is 16.6 Å². The molecule has 0 atom stereocenters. The van der Waals surface area contributed by atoms with Crippen LogP contribution in [0, 0.1) is 0 Å². The number of ether oxygens (including phenoxy) is 1. The Morgan fingerprint density at radius 1 is 1.00 bits per heavy atom. The average molecular weight is 370 g/mol. The van der Waals surface area contributed by atoms with E-state index in [4.69, 9.17) is 4.74 Å². The molecule has 3 aromatic rings. The van der Waals surface area contributed by atoms with E-state index in [0.717, 1.165) is 23.8 Å². The van der Waals surface area contributed by atoms with Gasteiger partial charge in [0.15, 0.2) is 0 Å². The smallest absolute Gasteiger partial charge is 0.241 e. The monoisotopic (exact) mass is 370 g/mol. The summed E-state index contributed by atoms with van der Waals surface area (Å²) in [5.41, 5.74) is 0.854. The summed E-state index contributed by atoms with van der Waals surface area (Å²) in [6.45, 7) is 2.94. The number of nitrogens with one attached hydrogen (secondary N) is 1. The van der Waals surface area contributed by atoms with Gasteiger partial charge in [-0.15, -0.1) is 0 Å². The van der Waals surface area contributed by atoms with E-state index < -0.39 is 10.0 Å². The van der Waals surface area contributed by atoms with Gasteiger partial charge in [-0.3, -0.25) is 4.98 Å². The highest BCUT2D eigenvalue weighted by atomic mass is 32.2. The third-order valence-electron chi connectivity index (χ3n) is 4.10. The number of rotatable bonds is 8. The molecule has 1 aromatic heterocycles. The number of nitrogens with zero attached hydrogens (tertiary/aromatic N) is 1. The highest BCUT2D eigenvalue weighted by Crippen LogP contribution is 2.31. The van der Waals surface area contributed by atoms with E-state index in [1.165, 1.54) is 0 Å². The Morgan fingerprint density at radius 3 is 2.46 bits per heavy atom. The highest BCUT2D eigenvalue weighted by molar-refractivity contribution is 7.89. The fourth-order valence-electron chi connectivity index (χ4n) is 2.69. The number of unbranched alkanes of at least 4 members (excludes halogenated alkanes) is 1. The molecule has 3 rings (SSSR count). The molecular weight excluding hydrogens is 348 g/mol. The lowest BCUT2D eigenvalue weighted by Crippen LogP contribution is -2.23. The fourth-order valence-corrected chi connectivity index (χ4v) is 3.91. The molecule has 5 nitrogen and oxygen atoms in total. The van der Waals surface area contributed by atoms with E-state index in [0.29, 0.717) is 17.7 Å². The lowest BCUT2D eigenvalue weighted by molar-refractivity contribution is 0.313. The van der Waals surface area contributed by atoms with Crippen molar-refractivity contribution in [2.75, 3.05) is 6.61 Å². The molecular formula is C20H22N2O3S. The first-order valence-corrected chi connectivity index (χ1v) is 10.1. The minimum atomic E-state index is -3.65. The fraction of sp³-hybridized carbons (Fsp3) is 0.250. The van der Waals surface area contributed by atoms with Crippen LogP contribution >= 0.6 is 0 Å². The number of sulfonamides is 1. The molecule has 6 heteroatoms. The molecule has 1 N–H and O–H groups in total. The van der Waals surface area contributed by atoms with Crippen LogP contribution in [0.3, 0.4) is 0 Å². The summed E-state index contributed by atoms with van der Waals surface area (Å²) in [6, 6.07) is 14.3. The van der Waals surface area contributed by atoms with E-state index in [-0.39, 0.29) is 11.4 Å². The van der Waals surface area contributed by atoms with Crippen LogP contribution in [-0.4, -0.2) is 20.0 Å². The third kappa shape index (κ3) is 4.20. The third-order valence-corrected chi connectivity index (χ3v) is 5.56. The Hall–Kier alpha value is -2.44. The zero-order chi connectivity index (χ0) is 18.4. The molecule has 136 valence electrons. The van der Waals surface area contributed by atoms with Crippen LogP contribution < -0.4 is 9.46 Å². The molecule has 0 spiro atoms. The number of fused-ring (bicyclic) bond motifs is 1. The Labute approximate surface area is 154 Å². The van der Waals surface area contributed by atoms with Gasteiger partial charge in [0, 0.05) is 29.7 Å². The van der Waals surface area contributed by atoms with Gasteiger partial charge in [0.1, 0.15) is 5.75 Å². The van der Waals surface area contributed by atoms with E-state index in [9.17, 15) is 8.42 Å². The number of hydrogen-bond acceptors (Lipinski definition) is 4. The molecule has 0 saturated carbocycles. The van der Waals surface area contributed by atoms with Gasteiger partial charge < -0.3 is 4.74 Å². The second kappa shape index (κ2) is 8.29. The first-order chi connectivity index (χ1) is 12.6. The Morgan fingerprint density at radius 2 is 1.73 bits per heavy atom. The molecule has 0 radical (unpaired) electrons. The van der Waals surface area contributed by atoms with E-state index >= 15 is 0 Å². The zero-order valence-corrected chi connectivity index (χ0v) is 15.5. The summed E-state index contributed by atoms with van der Waals surface area (Å²) in [4.78, 5) is 4.19. The van der Waals surface area contributed by atoms with Gasteiger partial charge in [-0.05, 0) is 36.2 Å². The van der Waals surface area contributed by atoms with Gasteiger partial charge in [0.2, 0.25) is 10.0 Å². The molecule has 0 aliphatic rings. The topological polar surface area (TPSA) is 68.3 Å². The van der Waals surface area contributed by atoms with Crippen LogP contribution in [0.4, 0.5) is 0 Å². The molecule has 0 unspecified atom stereocenters. The number of pyridine rings is 1. The Kier molecular flexibility index (Phi) is 5.85. The largest absolute Gasteiger partial charge is 0.493 e. The molecule has 0 aliphatic carbocycles. The summed E-state index contributed by atoms with van der Waals surface area (Å²) in [7, 11) is -3.65. The quantitative estimate of drug-likeness (QED) is 0.611. The second-order valence-corrected chi connectivity index (χ2v) is 7.72. The van der Waals surface area contributed by atoms with Crippen LogP contribution in [0.2, 0.25) is 0 Å².